The monoisotopic (exact) mass is 236 g/mol. The zero-order valence-corrected chi connectivity index (χ0v) is 10.1. The first-order valence-corrected chi connectivity index (χ1v) is 5.80. The Bertz CT molecular complexity index is 495. The maximum atomic E-state index is 5.62. The number of hydrogen-bond acceptors (Lipinski definition) is 2. The molecular weight excluding hydrogens is 220 g/mol. The molecule has 0 heterocycles. The van der Waals surface area contributed by atoms with Gasteiger partial charge in [0.15, 0.2) is 0 Å². The largest absolute Gasteiger partial charge is 0.399 e. The molecule has 2 rings (SSSR count). The van der Waals surface area contributed by atoms with Gasteiger partial charge in [-0.15, -0.1) is 0 Å². The van der Waals surface area contributed by atoms with Crippen molar-refractivity contribution in [2.75, 3.05) is 11.5 Å². The van der Waals surface area contributed by atoms with Crippen LogP contribution >= 0.6 is 0 Å². The lowest BCUT2D eigenvalue weighted by molar-refractivity contribution is 1.64. The summed E-state index contributed by atoms with van der Waals surface area (Å²) in [6.07, 6.45) is 8.07. The number of hydrogen-bond donors (Lipinski definition) is 2. The first-order chi connectivity index (χ1) is 8.74. The molecule has 0 saturated heterocycles. The average Bonchev–Trinajstić information content (AvgIpc) is 2.39. The topological polar surface area (TPSA) is 52.0 Å². The molecule has 0 atom stereocenters. The van der Waals surface area contributed by atoms with Gasteiger partial charge in [0, 0.05) is 11.4 Å². The SMILES string of the molecule is Nc1ccc(C=CC=Cc2ccc(N)cc2)cc1. The molecule has 0 aromatic heterocycles. The molecule has 0 saturated carbocycles. The van der Waals surface area contributed by atoms with Crippen LogP contribution in [0.25, 0.3) is 12.2 Å². The van der Waals surface area contributed by atoms with Crippen molar-refractivity contribution in [3.8, 4) is 0 Å². The van der Waals surface area contributed by atoms with Crippen molar-refractivity contribution in [1.29, 1.82) is 0 Å². The second kappa shape index (κ2) is 5.73. The third-order valence-electron chi connectivity index (χ3n) is 2.56. The van der Waals surface area contributed by atoms with Crippen LogP contribution < -0.4 is 11.5 Å². The molecule has 0 aliphatic carbocycles. The van der Waals surface area contributed by atoms with E-state index in [4.69, 9.17) is 11.5 Å². The minimum absolute atomic E-state index is 0.782. The predicted molar refractivity (Wildman–Crippen MR) is 79.8 cm³/mol. The lowest BCUT2D eigenvalue weighted by Gasteiger charge is -1.94. The fourth-order valence-corrected chi connectivity index (χ4v) is 1.55. The van der Waals surface area contributed by atoms with Crippen LogP contribution in [0, 0.1) is 0 Å². The number of allylic oxidation sites excluding steroid dienone is 2. The smallest absolute Gasteiger partial charge is 0.0314 e. The van der Waals surface area contributed by atoms with E-state index in [1.807, 2.05) is 72.8 Å². The van der Waals surface area contributed by atoms with Gasteiger partial charge >= 0.3 is 0 Å². The minimum atomic E-state index is 0.782. The number of nitrogens with two attached hydrogens (primary N) is 2. The van der Waals surface area contributed by atoms with Crippen LogP contribution in [0.15, 0.2) is 60.7 Å². The molecule has 0 aliphatic rings. The van der Waals surface area contributed by atoms with Crippen LogP contribution in [0.2, 0.25) is 0 Å². The highest BCUT2D eigenvalue weighted by Gasteiger charge is 1.86. The zero-order chi connectivity index (χ0) is 12.8. The fraction of sp³-hybridized carbons (Fsp3) is 0. The summed E-state index contributed by atoms with van der Waals surface area (Å²) in [5, 5.41) is 0. The highest BCUT2D eigenvalue weighted by Crippen LogP contribution is 2.09. The van der Waals surface area contributed by atoms with Crippen molar-refractivity contribution in [2.45, 2.75) is 0 Å². The Balaban J connectivity index is 1.98. The van der Waals surface area contributed by atoms with Crippen molar-refractivity contribution in [2.24, 2.45) is 0 Å². The minimum Gasteiger partial charge on any atom is -0.399 e. The summed E-state index contributed by atoms with van der Waals surface area (Å²) in [6.45, 7) is 0. The third-order valence-corrected chi connectivity index (χ3v) is 2.56. The Morgan fingerprint density at radius 2 is 0.889 bits per heavy atom. The molecule has 0 unspecified atom stereocenters. The molecule has 2 aromatic rings. The average molecular weight is 236 g/mol. The van der Waals surface area contributed by atoms with Crippen LogP contribution in [0.3, 0.4) is 0 Å². The summed E-state index contributed by atoms with van der Waals surface area (Å²) in [6, 6.07) is 15.5. The van der Waals surface area contributed by atoms with Crippen LogP contribution in [-0.4, -0.2) is 0 Å². The molecule has 2 aromatic carbocycles. The quantitative estimate of drug-likeness (QED) is 0.632. The van der Waals surface area contributed by atoms with E-state index in [1.165, 1.54) is 0 Å². The van der Waals surface area contributed by atoms with Gasteiger partial charge in [-0.1, -0.05) is 48.6 Å². The van der Waals surface area contributed by atoms with Gasteiger partial charge in [-0.25, -0.2) is 0 Å². The molecule has 18 heavy (non-hydrogen) atoms. The Hall–Kier alpha value is -2.48. The van der Waals surface area contributed by atoms with Crippen molar-refractivity contribution in [3.05, 3.63) is 71.8 Å². The molecule has 0 aliphatic heterocycles. The highest BCUT2D eigenvalue weighted by atomic mass is 14.5. The Kier molecular flexibility index (Phi) is 3.82. The number of rotatable bonds is 3. The molecule has 4 N–H and O–H groups in total. The summed E-state index contributed by atoms with van der Waals surface area (Å²) in [5.41, 5.74) is 15.1. The summed E-state index contributed by atoms with van der Waals surface area (Å²) < 4.78 is 0. The van der Waals surface area contributed by atoms with E-state index in [2.05, 4.69) is 0 Å². The van der Waals surface area contributed by atoms with E-state index in [1.54, 1.807) is 0 Å². The summed E-state index contributed by atoms with van der Waals surface area (Å²) >= 11 is 0. The van der Waals surface area contributed by atoms with Gasteiger partial charge < -0.3 is 11.5 Å². The summed E-state index contributed by atoms with van der Waals surface area (Å²) in [7, 11) is 0. The molecule has 0 bridgehead atoms. The van der Waals surface area contributed by atoms with Crippen LogP contribution in [0.4, 0.5) is 11.4 Å². The summed E-state index contributed by atoms with van der Waals surface area (Å²) in [4.78, 5) is 0. The van der Waals surface area contributed by atoms with Crippen LogP contribution in [-0.2, 0) is 0 Å². The molecule has 0 radical (unpaired) electrons. The maximum absolute atomic E-state index is 5.62. The molecule has 0 amide bonds. The van der Waals surface area contributed by atoms with Crippen molar-refractivity contribution in [1.82, 2.24) is 0 Å². The van der Waals surface area contributed by atoms with Crippen LogP contribution in [0.1, 0.15) is 11.1 Å². The Morgan fingerprint density at radius 3 is 1.22 bits per heavy atom. The van der Waals surface area contributed by atoms with Gasteiger partial charge in [-0.3, -0.25) is 0 Å². The molecular formula is C16H16N2. The highest BCUT2D eigenvalue weighted by molar-refractivity contribution is 5.59. The number of nitrogen functional groups attached to an aromatic ring is 2. The van der Waals surface area contributed by atoms with Crippen LogP contribution in [0.5, 0.6) is 0 Å². The van der Waals surface area contributed by atoms with E-state index >= 15 is 0 Å². The lowest BCUT2D eigenvalue weighted by Crippen LogP contribution is -1.82. The van der Waals surface area contributed by atoms with E-state index in [0.717, 1.165) is 22.5 Å². The fourth-order valence-electron chi connectivity index (χ4n) is 1.55. The van der Waals surface area contributed by atoms with E-state index < -0.39 is 0 Å². The maximum Gasteiger partial charge on any atom is 0.0314 e. The second-order valence-electron chi connectivity index (χ2n) is 4.05. The van der Waals surface area contributed by atoms with E-state index in [0.29, 0.717) is 0 Å². The zero-order valence-electron chi connectivity index (χ0n) is 10.1. The first-order valence-electron chi connectivity index (χ1n) is 5.80. The van der Waals surface area contributed by atoms with Gasteiger partial charge in [0.25, 0.3) is 0 Å². The molecule has 0 fully saturated rings. The van der Waals surface area contributed by atoms with E-state index in [9.17, 15) is 0 Å². The number of anilines is 2. The van der Waals surface area contributed by atoms with Gasteiger partial charge in [-0.2, -0.15) is 0 Å². The Labute approximate surface area is 107 Å². The van der Waals surface area contributed by atoms with Gasteiger partial charge in [0.05, 0.1) is 0 Å². The van der Waals surface area contributed by atoms with Crippen molar-refractivity contribution >= 4 is 23.5 Å². The molecule has 90 valence electrons. The van der Waals surface area contributed by atoms with E-state index in [-0.39, 0.29) is 0 Å². The number of benzene rings is 2. The normalized spacial score (nSPS) is 11.3. The van der Waals surface area contributed by atoms with Crippen molar-refractivity contribution < 1.29 is 0 Å². The first kappa shape index (κ1) is 12.0. The Morgan fingerprint density at radius 1 is 0.556 bits per heavy atom. The predicted octanol–water partition coefficient (Wildman–Crippen LogP) is 3.58. The standard InChI is InChI=1S/C16H16N2/c17-15-9-5-13(6-10-15)3-1-2-4-14-7-11-16(18)12-8-14/h1-12H,17-18H2. The summed E-state index contributed by atoms with van der Waals surface area (Å²) in [5.74, 6) is 0. The van der Waals surface area contributed by atoms with Crippen molar-refractivity contribution in [3.63, 3.8) is 0 Å². The molecule has 2 heteroatoms. The van der Waals surface area contributed by atoms with Gasteiger partial charge in [0.2, 0.25) is 0 Å². The molecule has 2 nitrogen and oxygen atoms in total. The van der Waals surface area contributed by atoms with Gasteiger partial charge in [-0.05, 0) is 35.4 Å². The third kappa shape index (κ3) is 3.52. The lowest BCUT2D eigenvalue weighted by atomic mass is 10.1. The molecule has 0 spiro atoms. The van der Waals surface area contributed by atoms with Gasteiger partial charge in [0.1, 0.15) is 0 Å². The second-order valence-corrected chi connectivity index (χ2v) is 4.05.